The SMILES string of the molecule is COC(NS(=O)(=O)c1ccc(Cc2ccc(S(=O)(=O)NC(OC)C(Cl)(Cl)Cl)cc2)cc1)C(Cl)(Cl)Cl. The Kier molecular flexibility index (Phi) is 10.8. The minimum Gasteiger partial charge on any atom is -0.361 e. The highest BCUT2D eigenvalue weighted by Crippen LogP contribution is 2.32. The number of rotatable bonds is 10. The van der Waals surface area contributed by atoms with E-state index in [9.17, 15) is 16.8 Å². The van der Waals surface area contributed by atoms with Crippen molar-refractivity contribution in [1.29, 1.82) is 0 Å². The molecular weight excluding hydrogens is 629 g/mol. The third-order valence-electron chi connectivity index (χ3n) is 4.47. The van der Waals surface area contributed by atoms with Crippen molar-refractivity contribution in [2.75, 3.05) is 14.2 Å². The lowest BCUT2D eigenvalue weighted by atomic mass is 10.1. The average Bonchev–Trinajstić information content (AvgIpc) is 2.75. The molecule has 2 rings (SSSR count). The second kappa shape index (κ2) is 12.2. The molecule has 35 heavy (non-hydrogen) atoms. The molecule has 0 radical (unpaired) electrons. The van der Waals surface area contributed by atoms with E-state index in [2.05, 4.69) is 9.44 Å². The zero-order chi connectivity index (χ0) is 26.7. The molecule has 0 aliphatic rings. The first-order valence-electron chi connectivity index (χ1n) is 9.41. The summed E-state index contributed by atoms with van der Waals surface area (Å²) in [5, 5.41) is 0. The fourth-order valence-electron chi connectivity index (χ4n) is 2.72. The van der Waals surface area contributed by atoms with Gasteiger partial charge in [0.1, 0.15) is 0 Å². The van der Waals surface area contributed by atoms with Crippen molar-refractivity contribution in [2.24, 2.45) is 0 Å². The Labute approximate surface area is 234 Å². The first-order valence-corrected chi connectivity index (χ1v) is 14.6. The highest BCUT2D eigenvalue weighted by atomic mass is 35.6. The van der Waals surface area contributed by atoms with Crippen LogP contribution >= 0.6 is 69.6 Å². The molecule has 0 bridgehead atoms. The summed E-state index contributed by atoms with van der Waals surface area (Å²) in [6, 6.07) is 11.9. The molecule has 196 valence electrons. The molecule has 16 heteroatoms. The summed E-state index contributed by atoms with van der Waals surface area (Å²) in [7, 11) is -5.67. The number of sulfonamides is 2. The number of alkyl halides is 6. The summed E-state index contributed by atoms with van der Waals surface area (Å²) in [6.45, 7) is 0. The second-order valence-electron chi connectivity index (χ2n) is 7.02. The zero-order valence-corrected chi connectivity index (χ0v) is 24.2. The van der Waals surface area contributed by atoms with E-state index in [4.69, 9.17) is 79.1 Å². The third kappa shape index (κ3) is 9.01. The van der Waals surface area contributed by atoms with Crippen molar-refractivity contribution in [3.8, 4) is 0 Å². The van der Waals surface area contributed by atoms with Gasteiger partial charge in [-0.05, 0) is 41.8 Å². The van der Waals surface area contributed by atoms with Crippen LogP contribution in [0.5, 0.6) is 0 Å². The normalized spacial score (nSPS) is 15.1. The fraction of sp³-hybridized carbons (Fsp3) is 0.368. The van der Waals surface area contributed by atoms with Gasteiger partial charge >= 0.3 is 0 Å². The van der Waals surface area contributed by atoms with Crippen molar-refractivity contribution in [3.05, 3.63) is 59.7 Å². The molecule has 0 fully saturated rings. The van der Waals surface area contributed by atoms with Gasteiger partial charge in [-0.15, -0.1) is 0 Å². The van der Waals surface area contributed by atoms with Crippen LogP contribution in [-0.4, -0.2) is 51.1 Å². The van der Waals surface area contributed by atoms with Gasteiger partial charge in [-0.1, -0.05) is 93.9 Å². The van der Waals surface area contributed by atoms with Crippen molar-refractivity contribution >= 4 is 89.7 Å². The Bertz CT molecular complexity index is 1100. The third-order valence-corrected chi connectivity index (χ3v) is 8.49. The maximum Gasteiger partial charge on any atom is 0.242 e. The van der Waals surface area contributed by atoms with Crippen LogP contribution in [0.3, 0.4) is 0 Å². The van der Waals surface area contributed by atoms with Gasteiger partial charge in [0.15, 0.2) is 12.5 Å². The van der Waals surface area contributed by atoms with Crippen LogP contribution in [0.15, 0.2) is 58.3 Å². The van der Waals surface area contributed by atoms with Gasteiger partial charge in [0.2, 0.25) is 27.6 Å². The molecule has 0 heterocycles. The van der Waals surface area contributed by atoms with E-state index in [1.807, 2.05) is 0 Å². The summed E-state index contributed by atoms with van der Waals surface area (Å²) in [5.41, 5.74) is 1.52. The van der Waals surface area contributed by atoms with Gasteiger partial charge in [0.25, 0.3) is 0 Å². The van der Waals surface area contributed by atoms with E-state index >= 15 is 0 Å². The largest absolute Gasteiger partial charge is 0.361 e. The Balaban J connectivity index is 2.12. The summed E-state index contributed by atoms with van der Waals surface area (Å²) in [5.74, 6) is 0. The molecule has 8 nitrogen and oxygen atoms in total. The number of benzene rings is 2. The summed E-state index contributed by atoms with van der Waals surface area (Å²) >= 11 is 34.3. The first kappa shape index (κ1) is 31.1. The number of hydrogen-bond donors (Lipinski definition) is 2. The molecule has 2 aromatic rings. The van der Waals surface area contributed by atoms with E-state index < -0.39 is 40.1 Å². The molecule has 0 amide bonds. The van der Waals surface area contributed by atoms with Crippen LogP contribution in [0.2, 0.25) is 0 Å². The first-order chi connectivity index (χ1) is 16.0. The second-order valence-corrected chi connectivity index (χ2v) is 15.2. The molecule has 0 aromatic heterocycles. The Morgan fingerprint density at radius 2 is 0.943 bits per heavy atom. The number of nitrogens with one attached hydrogen (secondary N) is 2. The van der Waals surface area contributed by atoms with E-state index in [0.29, 0.717) is 6.42 Å². The average molecular weight is 649 g/mol. The summed E-state index contributed by atoms with van der Waals surface area (Å²) < 4.78 is 60.3. The van der Waals surface area contributed by atoms with Gasteiger partial charge in [-0.25, -0.2) is 16.8 Å². The molecule has 0 aliphatic heterocycles. The predicted octanol–water partition coefficient (Wildman–Crippen LogP) is 4.52. The summed E-state index contributed by atoms with van der Waals surface area (Å²) in [4.78, 5) is -0.126. The number of methoxy groups -OCH3 is 2. The molecule has 2 unspecified atom stereocenters. The maximum atomic E-state index is 12.5. The minimum absolute atomic E-state index is 0.0632. The maximum absolute atomic E-state index is 12.5. The lowest BCUT2D eigenvalue weighted by Gasteiger charge is -2.23. The van der Waals surface area contributed by atoms with Crippen molar-refractivity contribution in [2.45, 2.75) is 36.3 Å². The Morgan fingerprint density at radius 1 is 0.657 bits per heavy atom. The highest BCUT2D eigenvalue weighted by molar-refractivity contribution is 7.89. The predicted molar refractivity (Wildman–Crippen MR) is 139 cm³/mol. The molecule has 2 N–H and O–H groups in total. The highest BCUT2D eigenvalue weighted by Gasteiger charge is 2.37. The van der Waals surface area contributed by atoms with Gasteiger partial charge in [-0.3, -0.25) is 0 Å². The molecular formula is C19H20Cl6N2O6S2. The molecule has 2 atom stereocenters. The number of hydrogen-bond acceptors (Lipinski definition) is 6. The standard InChI is InChI=1S/C19H20Cl6N2O6S2/c1-32-16(18(20,21)22)26-34(28,29)14-7-3-12(4-8-14)11-13-5-9-15(10-6-13)35(30,31)27-17(33-2)19(23,24)25/h3-10,16-17,26-27H,11H2,1-2H3. The van der Waals surface area contributed by atoms with E-state index in [-0.39, 0.29) is 9.79 Å². The van der Waals surface area contributed by atoms with E-state index in [1.165, 1.54) is 38.5 Å². The van der Waals surface area contributed by atoms with Crippen LogP contribution in [0.25, 0.3) is 0 Å². The van der Waals surface area contributed by atoms with Crippen LogP contribution in [0.1, 0.15) is 11.1 Å². The fourth-order valence-corrected chi connectivity index (χ4v) is 6.34. The Morgan fingerprint density at radius 3 is 1.17 bits per heavy atom. The van der Waals surface area contributed by atoms with Crippen molar-refractivity contribution < 1.29 is 26.3 Å². The number of ether oxygens (including phenoxy) is 2. The van der Waals surface area contributed by atoms with Crippen molar-refractivity contribution in [1.82, 2.24) is 9.44 Å². The topological polar surface area (TPSA) is 111 Å². The molecule has 0 saturated carbocycles. The number of halogens is 6. The smallest absolute Gasteiger partial charge is 0.242 e. The lowest BCUT2D eigenvalue weighted by Crippen LogP contribution is -2.44. The lowest BCUT2D eigenvalue weighted by molar-refractivity contribution is 0.0968. The summed E-state index contributed by atoms with van der Waals surface area (Å²) in [6.07, 6.45) is -2.39. The molecule has 0 spiro atoms. The van der Waals surface area contributed by atoms with Crippen LogP contribution < -0.4 is 9.44 Å². The Hall–Kier alpha value is -0.0800. The van der Waals surface area contributed by atoms with Gasteiger partial charge in [0.05, 0.1) is 9.79 Å². The van der Waals surface area contributed by atoms with Crippen molar-refractivity contribution in [3.63, 3.8) is 0 Å². The van der Waals surface area contributed by atoms with Gasteiger partial charge < -0.3 is 9.47 Å². The van der Waals surface area contributed by atoms with Gasteiger partial charge in [-0.2, -0.15) is 9.44 Å². The van der Waals surface area contributed by atoms with E-state index in [0.717, 1.165) is 11.1 Å². The van der Waals surface area contributed by atoms with Gasteiger partial charge in [0, 0.05) is 14.2 Å². The van der Waals surface area contributed by atoms with Crippen LogP contribution in [-0.2, 0) is 35.9 Å². The molecule has 0 aliphatic carbocycles. The monoisotopic (exact) mass is 646 g/mol. The quantitative estimate of drug-likeness (QED) is 0.290. The van der Waals surface area contributed by atoms with Crippen LogP contribution in [0.4, 0.5) is 0 Å². The minimum atomic E-state index is -4.03. The van der Waals surface area contributed by atoms with Crippen LogP contribution in [0, 0.1) is 0 Å². The molecule has 2 aromatic carbocycles. The zero-order valence-electron chi connectivity index (χ0n) is 18.0. The van der Waals surface area contributed by atoms with E-state index in [1.54, 1.807) is 24.3 Å². The molecule has 0 saturated heterocycles.